The van der Waals surface area contributed by atoms with Crippen LogP contribution in [0.3, 0.4) is 0 Å². The van der Waals surface area contributed by atoms with Gasteiger partial charge in [0.1, 0.15) is 11.3 Å². The summed E-state index contributed by atoms with van der Waals surface area (Å²) in [5, 5.41) is 2.18. The lowest BCUT2D eigenvalue weighted by molar-refractivity contribution is -0.141. The number of aromatic nitrogens is 2. The number of nitrogens with one attached hydrogen (secondary N) is 1. The summed E-state index contributed by atoms with van der Waals surface area (Å²) in [5.74, 6) is -0.155. The van der Waals surface area contributed by atoms with Crippen LogP contribution in [0.4, 0.5) is 19.1 Å². The van der Waals surface area contributed by atoms with E-state index in [9.17, 15) is 18.0 Å². The molecule has 0 saturated heterocycles. The first-order valence-corrected chi connectivity index (χ1v) is 7.78. The zero-order valence-corrected chi connectivity index (χ0v) is 14.1. The highest BCUT2D eigenvalue weighted by Crippen LogP contribution is 2.41. The Labute approximate surface area is 147 Å². The molecule has 0 bridgehead atoms. The Balaban J connectivity index is 1.64. The number of benzene rings is 1. The second-order valence-corrected chi connectivity index (χ2v) is 6.38. The molecule has 1 aromatic carbocycles. The molecule has 0 saturated carbocycles. The molecule has 3 rings (SSSR count). The normalized spacial score (nSPS) is 15.1. The molecular weight excluding hydrogens is 351 g/mol. The van der Waals surface area contributed by atoms with Crippen molar-refractivity contribution in [3.05, 3.63) is 41.7 Å². The molecule has 1 aromatic heterocycles. The second-order valence-electron chi connectivity index (χ2n) is 6.38. The molecule has 6 nitrogen and oxygen atoms in total. The van der Waals surface area contributed by atoms with Gasteiger partial charge in [0.25, 0.3) is 5.91 Å². The molecule has 0 aliphatic carbocycles. The summed E-state index contributed by atoms with van der Waals surface area (Å²) < 4.78 is 49.2. The number of hydrogen-bond donors (Lipinski definition) is 1. The topological polar surface area (TPSA) is 73.3 Å². The first-order chi connectivity index (χ1) is 12.1. The third kappa shape index (κ3) is 4.04. The first kappa shape index (κ1) is 18.0. The van der Waals surface area contributed by atoms with Crippen LogP contribution in [0.15, 0.2) is 30.5 Å². The maximum Gasteiger partial charge on any atom is 0.433 e. The summed E-state index contributed by atoms with van der Waals surface area (Å²) >= 11 is 0. The minimum Gasteiger partial charge on any atom is -0.483 e. The van der Waals surface area contributed by atoms with Crippen LogP contribution in [0, 0.1) is 0 Å². The first-order valence-electron chi connectivity index (χ1n) is 7.78. The predicted molar refractivity (Wildman–Crippen MR) is 86.0 cm³/mol. The Morgan fingerprint density at radius 2 is 2.12 bits per heavy atom. The van der Waals surface area contributed by atoms with E-state index in [4.69, 9.17) is 9.47 Å². The fourth-order valence-electron chi connectivity index (χ4n) is 2.58. The molecule has 1 amide bonds. The van der Waals surface area contributed by atoms with Crippen LogP contribution >= 0.6 is 0 Å². The van der Waals surface area contributed by atoms with Gasteiger partial charge in [0.15, 0.2) is 18.1 Å². The van der Waals surface area contributed by atoms with Gasteiger partial charge in [0.2, 0.25) is 5.95 Å². The standard InChI is InChI=1S/C17H16F3N3O3/c1-16(2)8-10-4-3-5-11(14(10)26-16)25-9-13(24)23-15-21-7-6-12(22-15)17(18,19)20/h3-7H,8-9H2,1-2H3,(H,21,22,23,24). The van der Waals surface area contributed by atoms with E-state index in [1.165, 1.54) is 0 Å². The molecule has 9 heteroatoms. The van der Waals surface area contributed by atoms with Crippen molar-refractivity contribution in [2.45, 2.75) is 32.0 Å². The molecule has 0 spiro atoms. The Morgan fingerprint density at radius 1 is 1.35 bits per heavy atom. The van der Waals surface area contributed by atoms with E-state index in [0.29, 0.717) is 17.9 Å². The van der Waals surface area contributed by atoms with Crippen LogP contribution in [-0.2, 0) is 17.4 Å². The number of alkyl halides is 3. The van der Waals surface area contributed by atoms with Gasteiger partial charge >= 0.3 is 6.18 Å². The van der Waals surface area contributed by atoms with Gasteiger partial charge in [-0.15, -0.1) is 0 Å². The molecule has 2 aromatic rings. The summed E-state index contributed by atoms with van der Waals surface area (Å²) in [7, 11) is 0. The van der Waals surface area contributed by atoms with Crippen LogP contribution in [0.1, 0.15) is 25.1 Å². The quantitative estimate of drug-likeness (QED) is 0.898. The lowest BCUT2D eigenvalue weighted by Gasteiger charge is -2.18. The van der Waals surface area contributed by atoms with E-state index < -0.39 is 30.3 Å². The smallest absolute Gasteiger partial charge is 0.433 e. The van der Waals surface area contributed by atoms with Gasteiger partial charge in [0, 0.05) is 18.2 Å². The number of carbonyl (C=O) groups is 1. The number of anilines is 1. The van der Waals surface area contributed by atoms with E-state index in [1.807, 2.05) is 19.9 Å². The van der Waals surface area contributed by atoms with Gasteiger partial charge in [-0.25, -0.2) is 9.97 Å². The molecule has 26 heavy (non-hydrogen) atoms. The molecule has 1 N–H and O–H groups in total. The highest BCUT2D eigenvalue weighted by atomic mass is 19.4. The number of ether oxygens (including phenoxy) is 2. The molecular formula is C17H16F3N3O3. The van der Waals surface area contributed by atoms with E-state index in [1.54, 1.807) is 12.1 Å². The third-order valence-electron chi connectivity index (χ3n) is 3.61. The van der Waals surface area contributed by atoms with Crippen molar-refractivity contribution in [2.24, 2.45) is 0 Å². The van der Waals surface area contributed by atoms with Crippen molar-refractivity contribution in [3.8, 4) is 11.5 Å². The molecule has 0 unspecified atom stereocenters. The zero-order chi connectivity index (χ0) is 18.9. The summed E-state index contributed by atoms with van der Waals surface area (Å²) in [6, 6.07) is 6.08. The largest absolute Gasteiger partial charge is 0.483 e. The lowest BCUT2D eigenvalue weighted by Crippen LogP contribution is -2.25. The molecule has 1 aliphatic heterocycles. The van der Waals surface area contributed by atoms with Gasteiger partial charge < -0.3 is 9.47 Å². The molecule has 0 atom stereocenters. The Kier molecular flexibility index (Phi) is 4.47. The Morgan fingerprint density at radius 3 is 2.85 bits per heavy atom. The van der Waals surface area contributed by atoms with E-state index >= 15 is 0 Å². The number of amides is 1. The molecule has 1 aliphatic rings. The summed E-state index contributed by atoms with van der Waals surface area (Å²) in [6.45, 7) is 3.46. The van der Waals surface area contributed by atoms with Crippen LogP contribution in [-0.4, -0.2) is 28.1 Å². The van der Waals surface area contributed by atoms with Gasteiger partial charge in [-0.05, 0) is 26.0 Å². The number of nitrogens with zero attached hydrogens (tertiary/aromatic N) is 2. The highest BCUT2D eigenvalue weighted by Gasteiger charge is 2.33. The Hall–Kier alpha value is -2.84. The van der Waals surface area contributed by atoms with Crippen molar-refractivity contribution in [1.82, 2.24) is 9.97 Å². The zero-order valence-electron chi connectivity index (χ0n) is 14.1. The van der Waals surface area contributed by atoms with E-state index in [2.05, 4.69) is 15.3 Å². The van der Waals surface area contributed by atoms with Crippen LogP contribution in [0.25, 0.3) is 0 Å². The van der Waals surface area contributed by atoms with Crippen LogP contribution in [0.2, 0.25) is 0 Å². The SMILES string of the molecule is CC1(C)Cc2cccc(OCC(=O)Nc3nccc(C(F)(F)F)n3)c2O1. The van der Waals surface area contributed by atoms with Crippen molar-refractivity contribution in [1.29, 1.82) is 0 Å². The number of rotatable bonds is 4. The van der Waals surface area contributed by atoms with Crippen LogP contribution < -0.4 is 14.8 Å². The summed E-state index contributed by atoms with van der Waals surface area (Å²) in [6.07, 6.45) is -2.98. The lowest BCUT2D eigenvalue weighted by atomic mass is 10.0. The van der Waals surface area contributed by atoms with Crippen molar-refractivity contribution < 1.29 is 27.4 Å². The van der Waals surface area contributed by atoms with Gasteiger partial charge in [-0.1, -0.05) is 12.1 Å². The molecule has 0 fully saturated rings. The van der Waals surface area contributed by atoms with Gasteiger partial charge in [0.05, 0.1) is 0 Å². The third-order valence-corrected chi connectivity index (χ3v) is 3.61. The van der Waals surface area contributed by atoms with Crippen molar-refractivity contribution >= 4 is 11.9 Å². The number of halogens is 3. The average molecular weight is 367 g/mol. The van der Waals surface area contributed by atoms with E-state index in [0.717, 1.165) is 17.8 Å². The van der Waals surface area contributed by atoms with E-state index in [-0.39, 0.29) is 5.60 Å². The summed E-state index contributed by atoms with van der Waals surface area (Å²) in [5.41, 5.74) is -0.537. The maximum absolute atomic E-state index is 12.6. The maximum atomic E-state index is 12.6. The molecule has 2 heterocycles. The molecule has 0 radical (unpaired) electrons. The monoisotopic (exact) mass is 367 g/mol. The fourth-order valence-corrected chi connectivity index (χ4v) is 2.58. The summed E-state index contributed by atoms with van der Waals surface area (Å²) in [4.78, 5) is 18.8. The average Bonchev–Trinajstić information content (AvgIpc) is 2.86. The number of para-hydroxylation sites is 1. The second kappa shape index (κ2) is 6.47. The van der Waals surface area contributed by atoms with Crippen LogP contribution in [0.5, 0.6) is 11.5 Å². The predicted octanol–water partition coefficient (Wildman–Crippen LogP) is 3.23. The van der Waals surface area contributed by atoms with Crippen molar-refractivity contribution in [3.63, 3.8) is 0 Å². The number of hydrogen-bond acceptors (Lipinski definition) is 5. The van der Waals surface area contributed by atoms with Gasteiger partial charge in [-0.2, -0.15) is 13.2 Å². The fraction of sp³-hybridized carbons (Fsp3) is 0.353. The Bertz CT molecular complexity index is 837. The number of carbonyl (C=O) groups excluding carboxylic acids is 1. The van der Waals surface area contributed by atoms with Gasteiger partial charge in [-0.3, -0.25) is 10.1 Å². The minimum absolute atomic E-state index is 0.365. The minimum atomic E-state index is -4.62. The molecule has 138 valence electrons. The highest BCUT2D eigenvalue weighted by molar-refractivity contribution is 5.90. The van der Waals surface area contributed by atoms with Crippen molar-refractivity contribution in [2.75, 3.05) is 11.9 Å². The number of fused-ring (bicyclic) bond motifs is 1.